The Morgan fingerprint density at radius 2 is 2.00 bits per heavy atom. The Balaban J connectivity index is 1.42. The molecule has 0 bridgehead atoms. The highest BCUT2D eigenvalue weighted by Crippen LogP contribution is 2.24. The zero-order valence-electron chi connectivity index (χ0n) is 16.3. The second-order valence-electron chi connectivity index (χ2n) is 6.94. The number of aromatic nitrogens is 3. The molecular formula is C22H18ClFN4O3. The molecule has 0 spiro atoms. The number of hydrogen-bond acceptors (Lipinski definition) is 5. The van der Waals surface area contributed by atoms with E-state index in [1.54, 1.807) is 18.2 Å². The summed E-state index contributed by atoms with van der Waals surface area (Å²) in [6, 6.07) is 13.1. The van der Waals surface area contributed by atoms with Gasteiger partial charge in [0.2, 0.25) is 5.91 Å². The molecule has 31 heavy (non-hydrogen) atoms. The molecule has 9 heteroatoms. The Morgan fingerprint density at radius 1 is 1.19 bits per heavy atom. The van der Waals surface area contributed by atoms with Crippen molar-refractivity contribution in [2.24, 2.45) is 0 Å². The molecule has 2 heterocycles. The Hall–Kier alpha value is -3.52. The van der Waals surface area contributed by atoms with Gasteiger partial charge in [-0.05, 0) is 36.2 Å². The lowest BCUT2D eigenvalue weighted by molar-refractivity contribution is -0.121. The van der Waals surface area contributed by atoms with Crippen LogP contribution < -0.4 is 10.9 Å². The molecule has 7 nitrogen and oxygen atoms in total. The minimum Gasteiger partial charge on any atom is -0.356 e. The molecule has 0 radical (unpaired) electrons. The normalized spacial score (nSPS) is 11.0. The molecule has 0 unspecified atom stereocenters. The van der Waals surface area contributed by atoms with Gasteiger partial charge in [-0.1, -0.05) is 41.0 Å². The molecule has 0 aliphatic carbocycles. The summed E-state index contributed by atoms with van der Waals surface area (Å²) in [5.74, 6) is -0.634. The largest absolute Gasteiger partial charge is 0.356 e. The maximum absolute atomic E-state index is 13.6. The summed E-state index contributed by atoms with van der Waals surface area (Å²) < 4.78 is 20.0. The number of rotatable bonds is 7. The van der Waals surface area contributed by atoms with E-state index in [9.17, 15) is 14.0 Å². The van der Waals surface area contributed by atoms with Crippen LogP contribution in [0.25, 0.3) is 22.4 Å². The molecule has 0 atom stereocenters. The van der Waals surface area contributed by atoms with E-state index < -0.39 is 11.4 Å². The van der Waals surface area contributed by atoms with Crippen molar-refractivity contribution in [2.75, 3.05) is 6.54 Å². The number of aryl methyl sites for hydroxylation is 1. The van der Waals surface area contributed by atoms with E-state index >= 15 is 0 Å². The first-order chi connectivity index (χ1) is 15.0. The molecule has 0 saturated heterocycles. The van der Waals surface area contributed by atoms with E-state index in [2.05, 4.69) is 15.5 Å². The molecule has 0 fully saturated rings. The van der Waals surface area contributed by atoms with Gasteiger partial charge in [-0.25, -0.2) is 9.37 Å². The number of carbonyl (C=O) groups is 1. The minimum absolute atomic E-state index is 0.0629. The molecular weight excluding hydrogens is 423 g/mol. The van der Waals surface area contributed by atoms with Crippen molar-refractivity contribution < 1.29 is 13.7 Å². The Kier molecular flexibility index (Phi) is 6.08. The monoisotopic (exact) mass is 440 g/mol. The van der Waals surface area contributed by atoms with Gasteiger partial charge in [-0.2, -0.15) is 0 Å². The zero-order chi connectivity index (χ0) is 21.8. The van der Waals surface area contributed by atoms with Crippen molar-refractivity contribution in [1.29, 1.82) is 0 Å². The molecule has 0 aliphatic rings. The van der Waals surface area contributed by atoms with Gasteiger partial charge in [-0.15, -0.1) is 0 Å². The highest BCUT2D eigenvalue weighted by molar-refractivity contribution is 6.30. The second kappa shape index (κ2) is 9.09. The van der Waals surface area contributed by atoms with Gasteiger partial charge in [0, 0.05) is 30.1 Å². The van der Waals surface area contributed by atoms with E-state index in [0.717, 1.165) is 5.56 Å². The summed E-state index contributed by atoms with van der Waals surface area (Å²) in [5, 5.41) is 7.52. The molecule has 2 aromatic heterocycles. The average molecular weight is 441 g/mol. The van der Waals surface area contributed by atoms with E-state index in [1.165, 1.54) is 29.1 Å². The maximum Gasteiger partial charge on any atom is 0.266 e. The van der Waals surface area contributed by atoms with Crippen LogP contribution in [0.4, 0.5) is 4.39 Å². The van der Waals surface area contributed by atoms with Gasteiger partial charge >= 0.3 is 0 Å². The fraction of sp³-hybridized carbons (Fsp3) is 0.182. The van der Waals surface area contributed by atoms with Crippen LogP contribution in [0.15, 0.2) is 64.2 Å². The molecule has 158 valence electrons. The van der Waals surface area contributed by atoms with Crippen LogP contribution in [0, 0.1) is 5.82 Å². The standard InChI is InChI=1S/C22H18ClFN4O3/c23-16-6-4-14(5-7-16)8-10-25-18(29)9-11-28-13-26-21-19(22(28)30)20(27-31-21)15-2-1-3-17(24)12-15/h1-7,12-13H,8-11H2,(H,25,29). The highest BCUT2D eigenvalue weighted by atomic mass is 35.5. The number of halogens is 2. The topological polar surface area (TPSA) is 90.0 Å². The molecule has 4 rings (SSSR count). The lowest BCUT2D eigenvalue weighted by atomic mass is 10.1. The van der Waals surface area contributed by atoms with E-state index in [-0.39, 0.29) is 35.7 Å². The fourth-order valence-corrected chi connectivity index (χ4v) is 3.31. The van der Waals surface area contributed by atoms with Crippen LogP contribution in [0.5, 0.6) is 0 Å². The Bertz CT molecular complexity index is 1280. The second-order valence-corrected chi connectivity index (χ2v) is 7.38. The molecule has 4 aromatic rings. The highest BCUT2D eigenvalue weighted by Gasteiger charge is 2.17. The first-order valence-electron chi connectivity index (χ1n) is 9.63. The quantitative estimate of drug-likeness (QED) is 0.474. The van der Waals surface area contributed by atoms with Crippen molar-refractivity contribution in [2.45, 2.75) is 19.4 Å². The smallest absolute Gasteiger partial charge is 0.266 e. The van der Waals surface area contributed by atoms with Crippen LogP contribution >= 0.6 is 11.6 Å². The van der Waals surface area contributed by atoms with Crippen molar-refractivity contribution in [1.82, 2.24) is 20.0 Å². The number of amides is 1. The number of nitrogens with one attached hydrogen (secondary N) is 1. The van der Waals surface area contributed by atoms with Gasteiger partial charge in [0.15, 0.2) is 0 Å². The number of hydrogen-bond donors (Lipinski definition) is 1. The van der Waals surface area contributed by atoms with Crippen molar-refractivity contribution >= 4 is 28.6 Å². The van der Waals surface area contributed by atoms with Crippen LogP contribution in [0.1, 0.15) is 12.0 Å². The van der Waals surface area contributed by atoms with Crippen LogP contribution in [0.3, 0.4) is 0 Å². The summed E-state index contributed by atoms with van der Waals surface area (Å²) >= 11 is 5.86. The molecule has 1 N–H and O–H groups in total. The molecule has 1 amide bonds. The van der Waals surface area contributed by atoms with Gasteiger partial charge in [0.05, 0.1) is 0 Å². The summed E-state index contributed by atoms with van der Waals surface area (Å²) in [4.78, 5) is 29.2. The Labute approximate surface area is 181 Å². The minimum atomic E-state index is -0.451. The van der Waals surface area contributed by atoms with Gasteiger partial charge in [-0.3, -0.25) is 14.2 Å². The number of fused-ring (bicyclic) bond motifs is 1. The summed E-state index contributed by atoms with van der Waals surface area (Å²) in [5.41, 5.74) is 1.35. The van der Waals surface area contributed by atoms with E-state index in [0.29, 0.717) is 23.6 Å². The summed E-state index contributed by atoms with van der Waals surface area (Å²) in [6.45, 7) is 0.615. The number of benzene rings is 2. The van der Waals surface area contributed by atoms with Crippen LogP contribution in [-0.2, 0) is 17.8 Å². The zero-order valence-corrected chi connectivity index (χ0v) is 17.1. The summed E-state index contributed by atoms with van der Waals surface area (Å²) in [6.07, 6.45) is 2.09. The van der Waals surface area contributed by atoms with Gasteiger partial charge in [0.1, 0.15) is 23.2 Å². The molecule has 0 aliphatic heterocycles. The maximum atomic E-state index is 13.6. The van der Waals surface area contributed by atoms with Crippen molar-refractivity contribution in [3.05, 3.63) is 81.6 Å². The summed E-state index contributed by atoms with van der Waals surface area (Å²) in [7, 11) is 0. The predicted molar refractivity (Wildman–Crippen MR) is 114 cm³/mol. The Morgan fingerprint density at radius 3 is 2.77 bits per heavy atom. The SMILES string of the molecule is O=C(CCn1cnc2onc(-c3cccc(F)c3)c2c1=O)NCCc1ccc(Cl)cc1. The molecule has 2 aromatic carbocycles. The van der Waals surface area contributed by atoms with E-state index in [4.69, 9.17) is 16.1 Å². The lowest BCUT2D eigenvalue weighted by Crippen LogP contribution is -2.29. The molecule has 0 saturated carbocycles. The number of carbonyl (C=O) groups excluding carboxylic acids is 1. The van der Waals surface area contributed by atoms with Gasteiger partial charge < -0.3 is 9.84 Å². The lowest BCUT2D eigenvalue weighted by Gasteiger charge is -2.07. The van der Waals surface area contributed by atoms with Crippen LogP contribution in [0.2, 0.25) is 5.02 Å². The fourth-order valence-electron chi connectivity index (χ4n) is 3.18. The third-order valence-corrected chi connectivity index (χ3v) is 5.04. The first-order valence-corrected chi connectivity index (χ1v) is 10.0. The van der Waals surface area contributed by atoms with Crippen molar-refractivity contribution in [3.8, 4) is 11.3 Å². The third-order valence-electron chi connectivity index (χ3n) is 4.79. The average Bonchev–Trinajstić information content (AvgIpc) is 3.20. The van der Waals surface area contributed by atoms with Crippen molar-refractivity contribution in [3.63, 3.8) is 0 Å². The van der Waals surface area contributed by atoms with Crippen LogP contribution in [-0.4, -0.2) is 27.2 Å². The van der Waals surface area contributed by atoms with E-state index in [1.807, 2.05) is 12.1 Å². The third kappa shape index (κ3) is 4.80. The van der Waals surface area contributed by atoms with Gasteiger partial charge in [0.25, 0.3) is 11.3 Å². The number of nitrogens with zero attached hydrogens (tertiary/aromatic N) is 3. The predicted octanol–water partition coefficient (Wildman–Crippen LogP) is 3.59. The first kappa shape index (κ1) is 20.7.